The van der Waals surface area contributed by atoms with Crippen LogP contribution in [0.25, 0.3) is 11.1 Å². The summed E-state index contributed by atoms with van der Waals surface area (Å²) in [6.07, 6.45) is 8.13. The average Bonchev–Trinajstić information content (AvgIpc) is 3.13. The quantitative estimate of drug-likeness (QED) is 0.794. The van der Waals surface area contributed by atoms with Gasteiger partial charge >= 0.3 is 0 Å². The fourth-order valence-corrected chi connectivity index (χ4v) is 4.54. The number of hydrogen-bond acceptors (Lipinski definition) is 3. The Morgan fingerprint density at radius 3 is 2.53 bits per heavy atom. The third-order valence-corrected chi connectivity index (χ3v) is 6.51. The molecule has 158 valence electrons. The minimum atomic E-state index is -0.556. The molecule has 2 aliphatic rings. The average molecular weight is 406 g/mol. The lowest BCUT2D eigenvalue weighted by atomic mass is 9.79. The predicted molar refractivity (Wildman–Crippen MR) is 118 cm³/mol. The number of aromatic nitrogens is 1. The van der Waals surface area contributed by atoms with Crippen molar-refractivity contribution in [3.63, 3.8) is 0 Å². The molecular weight excluding hydrogens is 374 g/mol. The van der Waals surface area contributed by atoms with E-state index in [1.54, 1.807) is 6.20 Å². The second-order valence-corrected chi connectivity index (χ2v) is 9.16. The third-order valence-electron chi connectivity index (χ3n) is 6.51. The summed E-state index contributed by atoms with van der Waals surface area (Å²) in [5.41, 5.74) is 2.76. The molecular formula is C25H31N3O2. The molecule has 2 amide bonds. The van der Waals surface area contributed by atoms with Gasteiger partial charge in [0.25, 0.3) is 0 Å². The van der Waals surface area contributed by atoms with Gasteiger partial charge in [-0.15, -0.1) is 0 Å². The van der Waals surface area contributed by atoms with Crippen molar-refractivity contribution in [2.75, 3.05) is 13.1 Å². The maximum atomic E-state index is 13.2. The summed E-state index contributed by atoms with van der Waals surface area (Å²) in [5, 5.41) is 3.11. The Bertz CT molecular complexity index is 890. The Morgan fingerprint density at radius 1 is 1.17 bits per heavy atom. The highest BCUT2D eigenvalue weighted by Crippen LogP contribution is 2.38. The lowest BCUT2D eigenvalue weighted by molar-refractivity contribution is -0.138. The zero-order valence-electron chi connectivity index (χ0n) is 17.9. The molecule has 30 heavy (non-hydrogen) atoms. The molecule has 2 heterocycles. The van der Waals surface area contributed by atoms with Gasteiger partial charge < -0.3 is 10.2 Å². The first-order chi connectivity index (χ1) is 14.5. The summed E-state index contributed by atoms with van der Waals surface area (Å²) in [5.74, 6) is 0.484. The molecule has 0 spiro atoms. The summed E-state index contributed by atoms with van der Waals surface area (Å²) in [4.78, 5) is 32.2. The molecule has 0 radical (unpaired) electrons. The molecule has 5 nitrogen and oxygen atoms in total. The zero-order chi connectivity index (χ0) is 21.1. The number of rotatable bonds is 6. The van der Waals surface area contributed by atoms with Crippen LogP contribution in [0, 0.1) is 11.3 Å². The van der Waals surface area contributed by atoms with Gasteiger partial charge in [0, 0.05) is 37.4 Å². The summed E-state index contributed by atoms with van der Waals surface area (Å²) >= 11 is 0. The highest BCUT2D eigenvalue weighted by Gasteiger charge is 2.47. The number of nitrogens with one attached hydrogen (secondary N) is 1. The first-order valence-corrected chi connectivity index (χ1v) is 11.1. The number of nitrogens with zero attached hydrogens (tertiary/aromatic N) is 2. The van der Waals surface area contributed by atoms with Gasteiger partial charge in [0.2, 0.25) is 11.8 Å². The molecule has 1 unspecified atom stereocenters. The van der Waals surface area contributed by atoms with Gasteiger partial charge in [-0.1, -0.05) is 36.8 Å². The van der Waals surface area contributed by atoms with Crippen molar-refractivity contribution >= 4 is 11.8 Å². The van der Waals surface area contributed by atoms with Crippen LogP contribution in [0.5, 0.6) is 0 Å². The highest BCUT2D eigenvalue weighted by atomic mass is 16.2. The van der Waals surface area contributed by atoms with Gasteiger partial charge in [0.15, 0.2) is 0 Å². The Kier molecular flexibility index (Phi) is 5.89. The molecule has 1 aromatic heterocycles. The number of benzene rings is 1. The molecule has 1 atom stereocenters. The molecule has 4 rings (SSSR count). The van der Waals surface area contributed by atoms with Crippen molar-refractivity contribution in [1.82, 2.24) is 15.2 Å². The smallest absolute Gasteiger partial charge is 0.228 e. The minimum absolute atomic E-state index is 0.0674. The van der Waals surface area contributed by atoms with Gasteiger partial charge in [-0.2, -0.15) is 0 Å². The number of carbonyl (C=O) groups excluding carboxylic acids is 2. The summed E-state index contributed by atoms with van der Waals surface area (Å²) in [7, 11) is 0. The molecule has 1 saturated heterocycles. The van der Waals surface area contributed by atoms with E-state index in [4.69, 9.17) is 0 Å². The summed E-state index contributed by atoms with van der Waals surface area (Å²) in [6.45, 7) is 5.17. The predicted octanol–water partition coefficient (Wildman–Crippen LogP) is 3.83. The van der Waals surface area contributed by atoms with E-state index in [-0.39, 0.29) is 23.8 Å². The van der Waals surface area contributed by atoms with Crippen molar-refractivity contribution in [2.45, 2.75) is 52.0 Å². The van der Waals surface area contributed by atoms with Crippen molar-refractivity contribution in [1.29, 1.82) is 0 Å². The molecule has 2 fully saturated rings. The fourth-order valence-electron chi connectivity index (χ4n) is 4.54. The second-order valence-electron chi connectivity index (χ2n) is 9.16. The third kappa shape index (κ3) is 4.25. The van der Waals surface area contributed by atoms with Crippen molar-refractivity contribution in [3.05, 3.63) is 54.4 Å². The fraction of sp³-hybridized carbons (Fsp3) is 0.480. The maximum absolute atomic E-state index is 13.2. The van der Waals surface area contributed by atoms with E-state index in [2.05, 4.69) is 34.6 Å². The molecule has 1 aromatic carbocycles. The van der Waals surface area contributed by atoms with Crippen LogP contribution in [0.2, 0.25) is 0 Å². The largest absolute Gasteiger partial charge is 0.353 e. The Balaban J connectivity index is 1.53. The summed E-state index contributed by atoms with van der Waals surface area (Å²) in [6, 6.07) is 12.4. The van der Waals surface area contributed by atoms with Crippen molar-refractivity contribution < 1.29 is 9.59 Å². The lowest BCUT2D eigenvalue weighted by Crippen LogP contribution is -2.48. The van der Waals surface area contributed by atoms with E-state index in [1.807, 2.05) is 37.1 Å². The molecule has 1 aliphatic heterocycles. The lowest BCUT2D eigenvalue weighted by Gasteiger charge is -2.32. The van der Waals surface area contributed by atoms with E-state index in [0.29, 0.717) is 25.9 Å². The van der Waals surface area contributed by atoms with Crippen LogP contribution in [0.15, 0.2) is 48.8 Å². The van der Waals surface area contributed by atoms with Gasteiger partial charge in [-0.05, 0) is 62.3 Å². The molecule has 1 aliphatic carbocycles. The molecule has 1 N–H and O–H groups in total. The maximum Gasteiger partial charge on any atom is 0.228 e. The molecule has 2 aromatic rings. The van der Waals surface area contributed by atoms with Crippen LogP contribution in [-0.4, -0.2) is 40.8 Å². The van der Waals surface area contributed by atoms with Crippen LogP contribution in [0.1, 0.15) is 45.1 Å². The first-order valence-electron chi connectivity index (χ1n) is 11.1. The molecule has 5 heteroatoms. The van der Waals surface area contributed by atoms with E-state index >= 15 is 0 Å². The van der Waals surface area contributed by atoms with Gasteiger partial charge in [0.1, 0.15) is 0 Å². The van der Waals surface area contributed by atoms with Crippen LogP contribution in [0.4, 0.5) is 0 Å². The van der Waals surface area contributed by atoms with Crippen LogP contribution in [-0.2, 0) is 16.0 Å². The second kappa shape index (κ2) is 8.58. The molecule has 1 saturated carbocycles. The molecule has 0 bridgehead atoms. The normalized spacial score (nSPS) is 21.5. The van der Waals surface area contributed by atoms with E-state index in [1.165, 1.54) is 0 Å². The van der Waals surface area contributed by atoms with E-state index in [9.17, 15) is 9.59 Å². The van der Waals surface area contributed by atoms with Crippen LogP contribution >= 0.6 is 0 Å². The zero-order valence-corrected chi connectivity index (χ0v) is 17.9. The first kappa shape index (κ1) is 20.6. The topological polar surface area (TPSA) is 62.3 Å². The number of carbonyl (C=O) groups is 2. The SMILES string of the molecule is CC(C)NC(=O)C1(Cc2ccc(-c3cccnc3)cc2)CCN(C(=O)C2CCC2)C1. The Morgan fingerprint density at radius 2 is 1.93 bits per heavy atom. The Hall–Kier alpha value is -2.69. The van der Waals surface area contributed by atoms with Crippen molar-refractivity contribution in [3.8, 4) is 11.1 Å². The van der Waals surface area contributed by atoms with E-state index < -0.39 is 5.41 Å². The Labute approximate surface area is 178 Å². The van der Waals surface area contributed by atoms with Gasteiger partial charge in [-0.25, -0.2) is 0 Å². The van der Waals surface area contributed by atoms with Crippen LogP contribution in [0.3, 0.4) is 0 Å². The number of amides is 2. The van der Waals surface area contributed by atoms with Crippen LogP contribution < -0.4 is 5.32 Å². The highest BCUT2D eigenvalue weighted by molar-refractivity contribution is 5.86. The van der Waals surface area contributed by atoms with Gasteiger partial charge in [0.05, 0.1) is 5.41 Å². The number of pyridine rings is 1. The van der Waals surface area contributed by atoms with E-state index in [0.717, 1.165) is 36.0 Å². The monoisotopic (exact) mass is 405 g/mol. The summed E-state index contributed by atoms with van der Waals surface area (Å²) < 4.78 is 0. The van der Waals surface area contributed by atoms with Crippen molar-refractivity contribution in [2.24, 2.45) is 11.3 Å². The number of likely N-dealkylation sites (tertiary alicyclic amines) is 1. The number of hydrogen-bond donors (Lipinski definition) is 1. The van der Waals surface area contributed by atoms with Gasteiger partial charge in [-0.3, -0.25) is 14.6 Å². The standard InChI is InChI=1S/C25H31N3O2/c1-18(2)27-24(30)25(12-14-28(17-25)23(29)21-5-3-6-21)15-19-8-10-20(11-9-19)22-7-4-13-26-16-22/h4,7-11,13,16,18,21H,3,5-6,12,14-15,17H2,1-2H3,(H,27,30). The minimum Gasteiger partial charge on any atom is -0.353 e.